The SMILES string of the molecule is CC(=O)c1ccc(Br)c(N)c1C(F)F. The smallest absolute Gasteiger partial charge is 0.266 e. The second kappa shape index (κ2) is 4.04. The number of rotatable bonds is 2. The van der Waals surface area contributed by atoms with Crippen molar-refractivity contribution in [3.63, 3.8) is 0 Å². The summed E-state index contributed by atoms with van der Waals surface area (Å²) in [6, 6.07) is 2.82. The van der Waals surface area contributed by atoms with Crippen LogP contribution in [0.5, 0.6) is 0 Å². The third-order valence-corrected chi connectivity index (χ3v) is 2.52. The van der Waals surface area contributed by atoms with Crippen LogP contribution in [0.1, 0.15) is 29.3 Å². The minimum absolute atomic E-state index is 0.0271. The molecule has 0 atom stereocenters. The molecule has 0 amide bonds. The average Bonchev–Trinajstić information content (AvgIpc) is 2.08. The molecule has 0 saturated carbocycles. The summed E-state index contributed by atoms with van der Waals surface area (Å²) in [5.74, 6) is -0.417. The van der Waals surface area contributed by atoms with Crippen LogP contribution in [0.3, 0.4) is 0 Å². The molecule has 0 aliphatic heterocycles. The third-order valence-electron chi connectivity index (χ3n) is 1.83. The minimum Gasteiger partial charge on any atom is -0.397 e. The lowest BCUT2D eigenvalue weighted by Gasteiger charge is -2.10. The van der Waals surface area contributed by atoms with Crippen LogP contribution in [0.15, 0.2) is 16.6 Å². The number of hydrogen-bond donors (Lipinski definition) is 1. The van der Waals surface area contributed by atoms with Gasteiger partial charge in [-0.2, -0.15) is 0 Å². The van der Waals surface area contributed by atoms with E-state index in [-0.39, 0.29) is 11.3 Å². The van der Waals surface area contributed by atoms with Crippen LogP contribution in [0.2, 0.25) is 0 Å². The van der Waals surface area contributed by atoms with Gasteiger partial charge in [-0.1, -0.05) is 0 Å². The lowest BCUT2D eigenvalue weighted by molar-refractivity contribution is 0.0999. The first-order valence-corrected chi connectivity index (χ1v) is 4.61. The molecule has 0 fully saturated rings. The molecule has 2 N–H and O–H groups in total. The van der Waals surface area contributed by atoms with Crippen LogP contribution >= 0.6 is 15.9 Å². The standard InChI is InChI=1S/C9H8BrF2NO/c1-4(14)5-2-3-6(10)8(13)7(5)9(11)12/h2-3,9H,13H2,1H3. The van der Waals surface area contributed by atoms with Crippen LogP contribution in [0.4, 0.5) is 14.5 Å². The number of benzene rings is 1. The van der Waals surface area contributed by atoms with Crippen molar-refractivity contribution in [2.75, 3.05) is 5.73 Å². The van der Waals surface area contributed by atoms with E-state index in [1.807, 2.05) is 0 Å². The van der Waals surface area contributed by atoms with E-state index in [9.17, 15) is 13.6 Å². The van der Waals surface area contributed by atoms with E-state index >= 15 is 0 Å². The maximum Gasteiger partial charge on any atom is 0.266 e. The van der Waals surface area contributed by atoms with Crippen molar-refractivity contribution < 1.29 is 13.6 Å². The van der Waals surface area contributed by atoms with Crippen molar-refractivity contribution in [2.45, 2.75) is 13.3 Å². The number of carbonyl (C=O) groups excluding carboxylic acids is 1. The summed E-state index contributed by atoms with van der Waals surface area (Å²) in [5, 5.41) is 0. The van der Waals surface area contributed by atoms with Crippen molar-refractivity contribution in [1.29, 1.82) is 0 Å². The second-order valence-corrected chi connectivity index (χ2v) is 3.63. The molecule has 2 nitrogen and oxygen atoms in total. The highest BCUT2D eigenvalue weighted by molar-refractivity contribution is 9.10. The molecule has 1 aromatic rings. The van der Waals surface area contributed by atoms with E-state index < -0.39 is 17.8 Å². The molecular formula is C9H8BrF2NO. The Labute approximate surface area is 88.2 Å². The summed E-state index contributed by atoms with van der Waals surface area (Å²) < 4.78 is 25.5. The molecule has 0 radical (unpaired) electrons. The summed E-state index contributed by atoms with van der Waals surface area (Å²) >= 11 is 3.03. The predicted molar refractivity (Wildman–Crippen MR) is 53.5 cm³/mol. The monoisotopic (exact) mass is 263 g/mol. The molecule has 0 heterocycles. The molecular weight excluding hydrogens is 256 g/mol. The lowest BCUT2D eigenvalue weighted by atomic mass is 10.0. The van der Waals surface area contributed by atoms with E-state index in [2.05, 4.69) is 15.9 Å². The molecule has 0 aromatic heterocycles. The number of hydrogen-bond acceptors (Lipinski definition) is 2. The van der Waals surface area contributed by atoms with Crippen LogP contribution in [0, 0.1) is 0 Å². The Bertz CT molecular complexity index is 379. The highest BCUT2D eigenvalue weighted by Crippen LogP contribution is 2.34. The van der Waals surface area contributed by atoms with Crippen molar-refractivity contribution in [3.8, 4) is 0 Å². The van der Waals surface area contributed by atoms with E-state index in [1.54, 1.807) is 0 Å². The lowest BCUT2D eigenvalue weighted by Crippen LogP contribution is -2.05. The van der Waals surface area contributed by atoms with Gasteiger partial charge in [0.2, 0.25) is 0 Å². The third kappa shape index (κ3) is 1.92. The molecule has 0 unspecified atom stereocenters. The Balaban J connectivity index is 3.45. The predicted octanol–water partition coefficient (Wildman–Crippen LogP) is 3.17. The summed E-state index contributed by atoms with van der Waals surface area (Å²) in [6.45, 7) is 1.23. The fraction of sp³-hybridized carbons (Fsp3) is 0.222. The summed E-state index contributed by atoms with van der Waals surface area (Å²) in [5.41, 5.74) is 4.94. The topological polar surface area (TPSA) is 43.1 Å². The number of alkyl halides is 2. The van der Waals surface area contributed by atoms with Crippen LogP contribution in [-0.2, 0) is 0 Å². The number of anilines is 1. The number of halogens is 3. The molecule has 14 heavy (non-hydrogen) atoms. The van der Waals surface area contributed by atoms with Crippen LogP contribution in [0.25, 0.3) is 0 Å². The second-order valence-electron chi connectivity index (χ2n) is 2.78. The molecule has 0 spiro atoms. The Kier molecular flexibility index (Phi) is 3.21. The van der Waals surface area contributed by atoms with Crippen molar-refractivity contribution in [3.05, 3.63) is 27.7 Å². The molecule has 0 aliphatic carbocycles. The van der Waals surface area contributed by atoms with Crippen molar-refractivity contribution in [2.24, 2.45) is 0 Å². The van der Waals surface area contributed by atoms with Crippen molar-refractivity contribution >= 4 is 27.4 Å². The molecule has 0 saturated heterocycles. The van der Waals surface area contributed by atoms with Gasteiger partial charge in [-0.15, -0.1) is 0 Å². The zero-order chi connectivity index (χ0) is 10.9. The Hall–Kier alpha value is -0.970. The van der Waals surface area contributed by atoms with Crippen LogP contribution in [-0.4, -0.2) is 5.78 Å². The fourth-order valence-corrected chi connectivity index (χ4v) is 1.50. The first-order valence-electron chi connectivity index (χ1n) is 3.82. The van der Waals surface area contributed by atoms with Gasteiger partial charge < -0.3 is 5.73 Å². The van der Waals surface area contributed by atoms with E-state index in [0.717, 1.165) is 0 Å². The highest BCUT2D eigenvalue weighted by Gasteiger charge is 2.20. The number of carbonyl (C=O) groups is 1. The summed E-state index contributed by atoms with van der Waals surface area (Å²) in [6.07, 6.45) is -2.74. The first-order chi connectivity index (χ1) is 6.45. The van der Waals surface area contributed by atoms with Gasteiger partial charge in [-0.3, -0.25) is 4.79 Å². The normalized spacial score (nSPS) is 10.6. The number of nitrogens with two attached hydrogens (primary N) is 1. The van der Waals surface area contributed by atoms with E-state index in [1.165, 1.54) is 19.1 Å². The van der Waals surface area contributed by atoms with Crippen molar-refractivity contribution in [1.82, 2.24) is 0 Å². The first kappa shape index (κ1) is 11.1. The Morgan fingerprint density at radius 1 is 1.50 bits per heavy atom. The maximum absolute atomic E-state index is 12.6. The summed E-state index contributed by atoms with van der Waals surface area (Å²) in [7, 11) is 0. The van der Waals surface area contributed by atoms with Gasteiger partial charge >= 0.3 is 0 Å². The van der Waals surface area contributed by atoms with Gasteiger partial charge in [0.15, 0.2) is 5.78 Å². The molecule has 1 rings (SSSR count). The number of nitrogen functional groups attached to an aromatic ring is 1. The van der Waals surface area contributed by atoms with Gasteiger partial charge in [0.25, 0.3) is 6.43 Å². The molecule has 76 valence electrons. The molecule has 1 aromatic carbocycles. The Morgan fingerprint density at radius 3 is 2.50 bits per heavy atom. The molecule has 0 bridgehead atoms. The largest absolute Gasteiger partial charge is 0.397 e. The van der Waals surface area contributed by atoms with E-state index in [0.29, 0.717) is 4.47 Å². The Morgan fingerprint density at radius 2 is 2.07 bits per heavy atom. The number of Topliss-reactive ketones (excluding diaryl/α,β-unsaturated/α-hetero) is 1. The summed E-state index contributed by atoms with van der Waals surface area (Å²) in [4.78, 5) is 11.0. The quantitative estimate of drug-likeness (QED) is 0.658. The maximum atomic E-state index is 12.6. The van der Waals surface area contributed by atoms with Gasteiger partial charge in [0, 0.05) is 10.0 Å². The highest BCUT2D eigenvalue weighted by atomic mass is 79.9. The van der Waals surface area contributed by atoms with Gasteiger partial charge in [-0.25, -0.2) is 8.78 Å². The fourth-order valence-electron chi connectivity index (χ4n) is 1.15. The number of ketones is 1. The molecule has 0 aliphatic rings. The van der Waals surface area contributed by atoms with E-state index in [4.69, 9.17) is 5.73 Å². The van der Waals surface area contributed by atoms with Crippen LogP contribution < -0.4 is 5.73 Å². The molecule has 5 heteroatoms. The zero-order valence-electron chi connectivity index (χ0n) is 7.35. The van der Waals surface area contributed by atoms with Gasteiger partial charge in [-0.05, 0) is 35.0 Å². The van der Waals surface area contributed by atoms with Gasteiger partial charge in [0.1, 0.15) is 0 Å². The minimum atomic E-state index is -2.74. The average molecular weight is 264 g/mol. The van der Waals surface area contributed by atoms with Gasteiger partial charge in [0.05, 0.1) is 11.3 Å². The zero-order valence-corrected chi connectivity index (χ0v) is 8.94.